The predicted octanol–water partition coefficient (Wildman–Crippen LogP) is 2.95. The fourth-order valence-electron chi connectivity index (χ4n) is 2.55. The van der Waals surface area contributed by atoms with Gasteiger partial charge in [-0.1, -0.05) is 39.5 Å². The number of aliphatic hydroxyl groups excluding tert-OH is 1. The Morgan fingerprint density at radius 3 is 2.38 bits per heavy atom. The van der Waals surface area contributed by atoms with Gasteiger partial charge in [0.15, 0.2) is 0 Å². The van der Waals surface area contributed by atoms with Crippen molar-refractivity contribution in [2.24, 2.45) is 11.8 Å². The standard InChI is InChI=1S/C14H29NO/c1-4-11(2)12(3)15-10-14(16)13-8-6-5-7-9-13/h11-16H,4-10H2,1-3H3. The summed E-state index contributed by atoms with van der Waals surface area (Å²) in [6, 6.07) is 0.517. The fraction of sp³-hybridized carbons (Fsp3) is 1.00. The topological polar surface area (TPSA) is 32.3 Å². The molecule has 0 aromatic carbocycles. The first-order chi connectivity index (χ1) is 7.65. The molecule has 0 amide bonds. The summed E-state index contributed by atoms with van der Waals surface area (Å²) < 4.78 is 0. The molecular weight excluding hydrogens is 198 g/mol. The molecule has 1 saturated carbocycles. The average Bonchev–Trinajstić information content (AvgIpc) is 2.35. The molecule has 0 spiro atoms. The Balaban J connectivity index is 2.20. The van der Waals surface area contributed by atoms with E-state index in [-0.39, 0.29) is 6.10 Å². The first kappa shape index (κ1) is 14.0. The van der Waals surface area contributed by atoms with Gasteiger partial charge in [-0.3, -0.25) is 0 Å². The van der Waals surface area contributed by atoms with Crippen LogP contribution in [-0.4, -0.2) is 23.8 Å². The van der Waals surface area contributed by atoms with Gasteiger partial charge in [-0.15, -0.1) is 0 Å². The van der Waals surface area contributed by atoms with E-state index >= 15 is 0 Å². The first-order valence-electron chi connectivity index (χ1n) is 7.06. The number of aliphatic hydroxyl groups is 1. The molecule has 1 aliphatic carbocycles. The molecule has 1 aliphatic rings. The summed E-state index contributed by atoms with van der Waals surface area (Å²) in [4.78, 5) is 0. The normalized spacial score (nSPS) is 24.0. The lowest BCUT2D eigenvalue weighted by Gasteiger charge is -2.29. The van der Waals surface area contributed by atoms with E-state index < -0.39 is 0 Å². The molecule has 3 unspecified atom stereocenters. The second-order valence-electron chi connectivity index (χ2n) is 5.55. The molecule has 0 radical (unpaired) electrons. The first-order valence-corrected chi connectivity index (χ1v) is 7.06. The zero-order valence-electron chi connectivity index (χ0n) is 11.2. The lowest BCUT2D eigenvalue weighted by atomic mass is 9.85. The van der Waals surface area contributed by atoms with E-state index in [0.29, 0.717) is 17.9 Å². The van der Waals surface area contributed by atoms with Crippen molar-refractivity contribution < 1.29 is 5.11 Å². The molecule has 3 atom stereocenters. The molecule has 0 aliphatic heterocycles. The summed E-state index contributed by atoms with van der Waals surface area (Å²) >= 11 is 0. The lowest BCUT2D eigenvalue weighted by molar-refractivity contribution is 0.0799. The van der Waals surface area contributed by atoms with Gasteiger partial charge < -0.3 is 10.4 Å². The van der Waals surface area contributed by atoms with Crippen LogP contribution in [0.15, 0.2) is 0 Å². The maximum absolute atomic E-state index is 10.1. The number of hydrogen-bond acceptors (Lipinski definition) is 2. The quantitative estimate of drug-likeness (QED) is 0.731. The lowest BCUT2D eigenvalue weighted by Crippen LogP contribution is -2.40. The van der Waals surface area contributed by atoms with Crippen LogP contribution in [0.25, 0.3) is 0 Å². The van der Waals surface area contributed by atoms with Crippen molar-refractivity contribution in [3.05, 3.63) is 0 Å². The molecule has 16 heavy (non-hydrogen) atoms. The molecule has 96 valence electrons. The Labute approximate surface area is 101 Å². The van der Waals surface area contributed by atoms with Crippen LogP contribution < -0.4 is 5.32 Å². The van der Waals surface area contributed by atoms with E-state index in [1.807, 2.05) is 0 Å². The molecule has 0 saturated heterocycles. The van der Waals surface area contributed by atoms with Crippen LogP contribution in [0.1, 0.15) is 59.3 Å². The van der Waals surface area contributed by atoms with Gasteiger partial charge >= 0.3 is 0 Å². The highest BCUT2D eigenvalue weighted by Gasteiger charge is 2.22. The summed E-state index contributed by atoms with van der Waals surface area (Å²) in [7, 11) is 0. The minimum absolute atomic E-state index is 0.133. The van der Waals surface area contributed by atoms with Gasteiger partial charge in [0.05, 0.1) is 6.10 Å². The highest BCUT2D eigenvalue weighted by Crippen LogP contribution is 2.26. The molecular formula is C14H29NO. The zero-order valence-corrected chi connectivity index (χ0v) is 11.2. The van der Waals surface area contributed by atoms with Crippen LogP contribution in [0.2, 0.25) is 0 Å². The van der Waals surface area contributed by atoms with E-state index in [9.17, 15) is 5.11 Å². The van der Waals surface area contributed by atoms with Crippen molar-refractivity contribution in [3.8, 4) is 0 Å². The summed E-state index contributed by atoms with van der Waals surface area (Å²) in [5.74, 6) is 1.24. The molecule has 0 bridgehead atoms. The Morgan fingerprint density at radius 1 is 1.19 bits per heavy atom. The van der Waals surface area contributed by atoms with Crippen molar-refractivity contribution in [1.29, 1.82) is 0 Å². The van der Waals surface area contributed by atoms with Crippen LogP contribution in [0.4, 0.5) is 0 Å². The second kappa shape index (κ2) is 7.29. The van der Waals surface area contributed by atoms with E-state index in [1.54, 1.807) is 0 Å². The summed E-state index contributed by atoms with van der Waals surface area (Å²) in [6.45, 7) is 7.49. The van der Waals surface area contributed by atoms with Crippen molar-refractivity contribution >= 4 is 0 Å². The van der Waals surface area contributed by atoms with Gasteiger partial charge in [0, 0.05) is 12.6 Å². The third-order valence-corrected chi connectivity index (χ3v) is 4.34. The Bertz CT molecular complexity index is 178. The van der Waals surface area contributed by atoms with Crippen LogP contribution in [0.5, 0.6) is 0 Å². The summed E-state index contributed by atoms with van der Waals surface area (Å²) in [5.41, 5.74) is 0. The monoisotopic (exact) mass is 227 g/mol. The number of hydrogen-bond donors (Lipinski definition) is 2. The Kier molecular flexibility index (Phi) is 6.37. The second-order valence-corrected chi connectivity index (χ2v) is 5.55. The van der Waals surface area contributed by atoms with Gasteiger partial charge in [-0.2, -0.15) is 0 Å². The SMILES string of the molecule is CCC(C)C(C)NCC(O)C1CCCCC1. The van der Waals surface area contributed by atoms with Crippen molar-refractivity contribution in [1.82, 2.24) is 5.32 Å². The summed E-state index contributed by atoms with van der Waals surface area (Å²) in [6.07, 6.45) is 7.49. The highest BCUT2D eigenvalue weighted by atomic mass is 16.3. The average molecular weight is 227 g/mol. The summed E-state index contributed by atoms with van der Waals surface area (Å²) in [5, 5.41) is 13.6. The molecule has 0 aromatic rings. The molecule has 2 N–H and O–H groups in total. The third kappa shape index (κ3) is 4.42. The molecule has 0 aromatic heterocycles. The van der Waals surface area contributed by atoms with Gasteiger partial charge in [-0.05, 0) is 31.6 Å². The minimum atomic E-state index is -0.133. The Hall–Kier alpha value is -0.0800. The Morgan fingerprint density at radius 2 is 1.81 bits per heavy atom. The van der Waals surface area contributed by atoms with Crippen molar-refractivity contribution in [2.45, 2.75) is 71.4 Å². The number of rotatable bonds is 6. The largest absolute Gasteiger partial charge is 0.392 e. The van der Waals surface area contributed by atoms with E-state index in [1.165, 1.54) is 38.5 Å². The van der Waals surface area contributed by atoms with Crippen molar-refractivity contribution in [3.63, 3.8) is 0 Å². The van der Waals surface area contributed by atoms with Crippen LogP contribution in [-0.2, 0) is 0 Å². The maximum atomic E-state index is 10.1. The third-order valence-electron chi connectivity index (χ3n) is 4.34. The zero-order chi connectivity index (χ0) is 12.0. The van der Waals surface area contributed by atoms with Crippen molar-refractivity contribution in [2.75, 3.05) is 6.54 Å². The molecule has 1 fully saturated rings. The van der Waals surface area contributed by atoms with Crippen LogP contribution in [0, 0.1) is 11.8 Å². The highest BCUT2D eigenvalue weighted by molar-refractivity contribution is 4.77. The van der Waals surface area contributed by atoms with Gasteiger partial charge in [-0.25, -0.2) is 0 Å². The molecule has 1 rings (SSSR count). The van der Waals surface area contributed by atoms with E-state index in [0.717, 1.165) is 6.54 Å². The fourth-order valence-corrected chi connectivity index (χ4v) is 2.55. The molecule has 0 heterocycles. The van der Waals surface area contributed by atoms with E-state index in [2.05, 4.69) is 26.1 Å². The number of nitrogens with one attached hydrogen (secondary N) is 1. The smallest absolute Gasteiger partial charge is 0.0692 e. The minimum Gasteiger partial charge on any atom is -0.392 e. The molecule has 2 heteroatoms. The van der Waals surface area contributed by atoms with Gasteiger partial charge in [0.25, 0.3) is 0 Å². The van der Waals surface area contributed by atoms with Gasteiger partial charge in [0.2, 0.25) is 0 Å². The molecule has 2 nitrogen and oxygen atoms in total. The maximum Gasteiger partial charge on any atom is 0.0692 e. The predicted molar refractivity (Wildman–Crippen MR) is 69.5 cm³/mol. The van der Waals surface area contributed by atoms with Gasteiger partial charge in [0.1, 0.15) is 0 Å². The van der Waals surface area contributed by atoms with Crippen LogP contribution in [0.3, 0.4) is 0 Å². The van der Waals surface area contributed by atoms with E-state index in [4.69, 9.17) is 0 Å². The van der Waals surface area contributed by atoms with Crippen LogP contribution >= 0.6 is 0 Å².